The van der Waals surface area contributed by atoms with Gasteiger partial charge in [0.1, 0.15) is 5.75 Å². The van der Waals surface area contributed by atoms with Gasteiger partial charge in [-0.3, -0.25) is 4.90 Å². The van der Waals surface area contributed by atoms with E-state index in [2.05, 4.69) is 11.8 Å². The highest BCUT2D eigenvalue weighted by Crippen LogP contribution is 2.24. The lowest BCUT2D eigenvalue weighted by Crippen LogP contribution is -2.24. The van der Waals surface area contributed by atoms with Gasteiger partial charge in [0.2, 0.25) is 0 Å². The molecule has 2 rings (SSSR count). The van der Waals surface area contributed by atoms with Crippen molar-refractivity contribution in [3.63, 3.8) is 0 Å². The lowest BCUT2D eigenvalue weighted by Gasteiger charge is -2.20. The summed E-state index contributed by atoms with van der Waals surface area (Å²) in [7, 11) is 0. The van der Waals surface area contributed by atoms with E-state index in [-0.39, 0.29) is 0 Å². The summed E-state index contributed by atoms with van der Waals surface area (Å²) in [4.78, 5) is 2.47. The van der Waals surface area contributed by atoms with Gasteiger partial charge in [-0.1, -0.05) is 25.1 Å². The van der Waals surface area contributed by atoms with Crippen LogP contribution in [0.3, 0.4) is 0 Å². The molecule has 1 aliphatic rings. The summed E-state index contributed by atoms with van der Waals surface area (Å²) in [6, 6.07) is 6.03. The molecule has 1 aromatic rings. The van der Waals surface area contributed by atoms with Crippen molar-refractivity contribution in [2.45, 2.75) is 39.7 Å². The molecule has 94 valence electrons. The summed E-state index contributed by atoms with van der Waals surface area (Å²) in [5.41, 5.74) is 2.05. The van der Waals surface area contributed by atoms with E-state index in [4.69, 9.17) is 0 Å². The lowest BCUT2D eigenvalue weighted by molar-refractivity contribution is 0.269. The zero-order valence-corrected chi connectivity index (χ0v) is 10.9. The third kappa shape index (κ3) is 3.22. The number of rotatable bonds is 2. The van der Waals surface area contributed by atoms with Gasteiger partial charge in [-0.25, -0.2) is 0 Å². The van der Waals surface area contributed by atoms with Crippen molar-refractivity contribution in [1.29, 1.82) is 0 Å². The van der Waals surface area contributed by atoms with Crippen molar-refractivity contribution < 1.29 is 5.11 Å². The van der Waals surface area contributed by atoms with E-state index < -0.39 is 0 Å². The fraction of sp³-hybridized carbons (Fsp3) is 0.600. The average molecular weight is 233 g/mol. The number of para-hydroxylation sites is 1. The Balaban J connectivity index is 2.02. The fourth-order valence-electron chi connectivity index (χ4n) is 2.57. The molecule has 0 spiro atoms. The molecule has 0 aromatic heterocycles. The minimum Gasteiger partial charge on any atom is -0.507 e. The van der Waals surface area contributed by atoms with Gasteiger partial charge in [-0.2, -0.15) is 0 Å². The van der Waals surface area contributed by atoms with Crippen molar-refractivity contribution in [2.24, 2.45) is 5.92 Å². The molecule has 1 aliphatic heterocycles. The van der Waals surface area contributed by atoms with E-state index in [9.17, 15) is 5.11 Å². The SMILES string of the molecule is Cc1cccc(CN2CCCC(C)CC2)c1O. The Kier molecular flexibility index (Phi) is 4.06. The van der Waals surface area contributed by atoms with Crippen LogP contribution < -0.4 is 0 Å². The first-order chi connectivity index (χ1) is 8.16. The second-order valence-electron chi connectivity index (χ2n) is 5.39. The number of hydrogen-bond acceptors (Lipinski definition) is 2. The summed E-state index contributed by atoms with van der Waals surface area (Å²) >= 11 is 0. The Bertz CT molecular complexity index is 375. The Morgan fingerprint density at radius 3 is 2.94 bits per heavy atom. The van der Waals surface area contributed by atoms with Crippen LogP contribution in [0.25, 0.3) is 0 Å². The predicted octanol–water partition coefficient (Wildman–Crippen LogP) is 3.32. The molecule has 0 amide bonds. The van der Waals surface area contributed by atoms with Crippen molar-refractivity contribution in [3.05, 3.63) is 29.3 Å². The highest BCUT2D eigenvalue weighted by molar-refractivity contribution is 5.39. The molecule has 1 saturated heterocycles. The van der Waals surface area contributed by atoms with E-state index in [1.165, 1.54) is 19.3 Å². The van der Waals surface area contributed by atoms with Gasteiger partial charge >= 0.3 is 0 Å². The summed E-state index contributed by atoms with van der Waals surface area (Å²) in [5.74, 6) is 1.33. The fourth-order valence-corrected chi connectivity index (χ4v) is 2.57. The third-order valence-electron chi connectivity index (χ3n) is 3.82. The largest absolute Gasteiger partial charge is 0.507 e. The first-order valence-corrected chi connectivity index (χ1v) is 6.66. The van der Waals surface area contributed by atoms with Crippen LogP contribution in [-0.4, -0.2) is 23.1 Å². The van der Waals surface area contributed by atoms with E-state index in [0.717, 1.165) is 36.7 Å². The number of phenolic OH excluding ortho intramolecular Hbond substituents is 1. The molecule has 2 nitrogen and oxygen atoms in total. The molecular weight excluding hydrogens is 210 g/mol. The maximum Gasteiger partial charge on any atom is 0.122 e. The zero-order chi connectivity index (χ0) is 12.3. The zero-order valence-electron chi connectivity index (χ0n) is 10.9. The van der Waals surface area contributed by atoms with Crippen LogP contribution in [-0.2, 0) is 6.54 Å². The van der Waals surface area contributed by atoms with Crippen LogP contribution in [0.4, 0.5) is 0 Å². The van der Waals surface area contributed by atoms with E-state index >= 15 is 0 Å². The van der Waals surface area contributed by atoms with Crippen molar-refractivity contribution in [3.8, 4) is 5.75 Å². The molecule has 1 aromatic carbocycles. The van der Waals surface area contributed by atoms with Gasteiger partial charge in [0.15, 0.2) is 0 Å². The number of aromatic hydroxyl groups is 1. The van der Waals surface area contributed by atoms with E-state index in [1.54, 1.807) is 0 Å². The average Bonchev–Trinajstić information content (AvgIpc) is 2.50. The number of likely N-dealkylation sites (tertiary alicyclic amines) is 1. The van der Waals surface area contributed by atoms with Crippen LogP contribution in [0.5, 0.6) is 5.75 Å². The molecule has 0 bridgehead atoms. The summed E-state index contributed by atoms with van der Waals surface area (Å²) < 4.78 is 0. The Hall–Kier alpha value is -1.02. The summed E-state index contributed by atoms with van der Waals surface area (Å²) in [6.07, 6.45) is 3.91. The second kappa shape index (κ2) is 5.54. The Morgan fingerprint density at radius 2 is 2.12 bits per heavy atom. The highest BCUT2D eigenvalue weighted by atomic mass is 16.3. The van der Waals surface area contributed by atoms with E-state index in [0.29, 0.717) is 5.75 Å². The van der Waals surface area contributed by atoms with Gasteiger partial charge in [-0.05, 0) is 50.8 Å². The first kappa shape index (κ1) is 12.4. The topological polar surface area (TPSA) is 23.5 Å². The van der Waals surface area contributed by atoms with Crippen molar-refractivity contribution in [1.82, 2.24) is 4.90 Å². The molecular formula is C15H23NO. The maximum absolute atomic E-state index is 10.0. The van der Waals surface area contributed by atoms with Gasteiger partial charge in [0, 0.05) is 12.1 Å². The van der Waals surface area contributed by atoms with Crippen molar-refractivity contribution in [2.75, 3.05) is 13.1 Å². The van der Waals surface area contributed by atoms with Crippen LogP contribution in [0.2, 0.25) is 0 Å². The standard InChI is InChI=1S/C15H23NO/c1-12-5-4-9-16(10-8-12)11-14-7-3-6-13(2)15(14)17/h3,6-7,12,17H,4-5,8-11H2,1-2H3. The third-order valence-corrected chi connectivity index (χ3v) is 3.82. The molecule has 2 heteroatoms. The smallest absolute Gasteiger partial charge is 0.122 e. The number of hydrogen-bond donors (Lipinski definition) is 1. The highest BCUT2D eigenvalue weighted by Gasteiger charge is 2.15. The number of aryl methyl sites for hydroxylation is 1. The molecule has 1 heterocycles. The van der Waals surface area contributed by atoms with E-state index in [1.807, 2.05) is 25.1 Å². The van der Waals surface area contributed by atoms with Crippen LogP contribution >= 0.6 is 0 Å². The van der Waals surface area contributed by atoms with Crippen LogP contribution in [0.1, 0.15) is 37.3 Å². The monoisotopic (exact) mass is 233 g/mol. The molecule has 1 unspecified atom stereocenters. The van der Waals surface area contributed by atoms with Gasteiger partial charge < -0.3 is 5.11 Å². The van der Waals surface area contributed by atoms with Gasteiger partial charge in [-0.15, -0.1) is 0 Å². The minimum absolute atomic E-state index is 0.477. The van der Waals surface area contributed by atoms with Crippen molar-refractivity contribution >= 4 is 0 Å². The van der Waals surface area contributed by atoms with Gasteiger partial charge in [0.05, 0.1) is 0 Å². The molecule has 0 radical (unpaired) electrons. The maximum atomic E-state index is 10.0. The summed E-state index contributed by atoms with van der Waals surface area (Å²) in [6.45, 7) is 7.52. The first-order valence-electron chi connectivity index (χ1n) is 6.66. The molecule has 1 N–H and O–H groups in total. The molecule has 1 atom stereocenters. The minimum atomic E-state index is 0.477. The number of phenols is 1. The lowest BCUT2D eigenvalue weighted by atomic mass is 10.0. The normalized spacial score (nSPS) is 22.4. The number of nitrogens with zero attached hydrogens (tertiary/aromatic N) is 1. The van der Waals surface area contributed by atoms with Crippen LogP contribution in [0.15, 0.2) is 18.2 Å². The Morgan fingerprint density at radius 1 is 1.29 bits per heavy atom. The predicted molar refractivity (Wildman–Crippen MR) is 71.1 cm³/mol. The summed E-state index contributed by atoms with van der Waals surface area (Å²) in [5, 5.41) is 10.0. The van der Waals surface area contributed by atoms with Crippen LogP contribution in [0, 0.1) is 12.8 Å². The molecule has 17 heavy (non-hydrogen) atoms. The second-order valence-corrected chi connectivity index (χ2v) is 5.39. The Labute approximate surface area is 104 Å². The quantitative estimate of drug-likeness (QED) is 0.847. The molecule has 0 saturated carbocycles. The van der Waals surface area contributed by atoms with Gasteiger partial charge in [0.25, 0.3) is 0 Å². The molecule has 0 aliphatic carbocycles. The number of benzene rings is 1. The molecule has 1 fully saturated rings.